The molecule has 5 heteroatoms. The highest BCUT2D eigenvalue weighted by Gasteiger charge is 2.47. The summed E-state index contributed by atoms with van der Waals surface area (Å²) < 4.78 is 5.49. The Labute approximate surface area is 213 Å². The molecule has 0 aliphatic rings. The van der Waals surface area contributed by atoms with Crippen molar-refractivity contribution >= 4 is 40.5 Å². The van der Waals surface area contributed by atoms with Gasteiger partial charge in [0.15, 0.2) is 0 Å². The molecule has 35 heavy (non-hydrogen) atoms. The van der Waals surface area contributed by atoms with Gasteiger partial charge in [-0.1, -0.05) is 83.5 Å². The van der Waals surface area contributed by atoms with Gasteiger partial charge in [0.1, 0.15) is 35.0 Å². The molecule has 0 fully saturated rings. The largest absolute Gasteiger partial charge is 0.361 e. The summed E-state index contributed by atoms with van der Waals surface area (Å²) in [6, 6.07) is 40.0. The Balaban J connectivity index is 1.96. The van der Waals surface area contributed by atoms with Crippen LogP contribution >= 0.6 is 18.9 Å². The maximum Gasteiger partial charge on any atom is 0.230 e. The van der Waals surface area contributed by atoms with Crippen LogP contribution in [0.1, 0.15) is 19.4 Å². The zero-order valence-electron chi connectivity index (χ0n) is 20.3. The number of benzene rings is 4. The number of oxime groups is 1. The molecule has 0 heterocycles. The fourth-order valence-corrected chi connectivity index (χ4v) is 8.31. The Morgan fingerprint density at radius 1 is 0.714 bits per heavy atom. The van der Waals surface area contributed by atoms with E-state index in [0.717, 1.165) is 11.3 Å². The Kier molecular flexibility index (Phi) is 8.03. The Morgan fingerprint density at radius 2 is 1.14 bits per heavy atom. The smallest absolute Gasteiger partial charge is 0.230 e. The average Bonchev–Trinajstić information content (AvgIpc) is 2.91. The topological polar surface area (TPSA) is 30.8 Å². The lowest BCUT2D eigenvalue weighted by Crippen LogP contribution is -2.36. The molecular formula is C30H30ClNO2P+. The number of hydrogen-bond acceptors (Lipinski definition) is 3. The summed E-state index contributed by atoms with van der Waals surface area (Å²) in [5.41, 5.74) is 1.81. The van der Waals surface area contributed by atoms with Crippen molar-refractivity contribution in [3.63, 3.8) is 0 Å². The van der Waals surface area contributed by atoms with Crippen LogP contribution in [0.3, 0.4) is 0 Å². The van der Waals surface area contributed by atoms with Crippen molar-refractivity contribution in [3.05, 3.63) is 126 Å². The number of rotatable bonds is 9. The highest BCUT2D eigenvalue weighted by Crippen LogP contribution is 2.55. The first-order valence-electron chi connectivity index (χ1n) is 11.6. The van der Waals surface area contributed by atoms with Crippen LogP contribution in [0, 0.1) is 0 Å². The third kappa shape index (κ3) is 5.82. The van der Waals surface area contributed by atoms with Gasteiger partial charge in [-0.05, 0) is 48.5 Å². The number of halogens is 1. The molecule has 0 aliphatic carbocycles. The molecule has 0 N–H and O–H groups in total. The molecule has 0 bridgehead atoms. The van der Waals surface area contributed by atoms with Gasteiger partial charge < -0.3 is 9.57 Å². The predicted octanol–water partition coefficient (Wildman–Crippen LogP) is 6.44. The van der Waals surface area contributed by atoms with Gasteiger partial charge in [-0.3, -0.25) is 0 Å². The predicted molar refractivity (Wildman–Crippen MR) is 150 cm³/mol. The van der Waals surface area contributed by atoms with Gasteiger partial charge >= 0.3 is 0 Å². The van der Waals surface area contributed by atoms with Gasteiger partial charge in [0.05, 0.1) is 0 Å². The summed E-state index contributed by atoms with van der Waals surface area (Å²) in [5.74, 6) is -0.856. The Hall–Kier alpha value is -2.97. The zero-order chi connectivity index (χ0) is 24.7. The van der Waals surface area contributed by atoms with Crippen LogP contribution < -0.4 is 15.9 Å². The SMILES string of the molecule is COC(C)(C)O/N=C(/C[P+](c1ccccc1)(c1ccccc1)c1ccccc1)c1ccc(Cl)cc1. The average molecular weight is 503 g/mol. The van der Waals surface area contributed by atoms with Crippen LogP contribution in [0.25, 0.3) is 0 Å². The van der Waals surface area contributed by atoms with Crippen LogP contribution in [0.5, 0.6) is 0 Å². The van der Waals surface area contributed by atoms with Gasteiger partial charge in [0.2, 0.25) is 5.79 Å². The highest BCUT2D eigenvalue weighted by atomic mass is 35.5. The Bertz CT molecular complexity index is 1150. The summed E-state index contributed by atoms with van der Waals surface area (Å²) in [6.45, 7) is 3.70. The molecule has 4 aromatic carbocycles. The van der Waals surface area contributed by atoms with Gasteiger partial charge in [-0.2, -0.15) is 0 Å². The van der Waals surface area contributed by atoms with Gasteiger partial charge in [0, 0.05) is 31.5 Å². The zero-order valence-corrected chi connectivity index (χ0v) is 21.9. The molecule has 0 radical (unpaired) electrons. The van der Waals surface area contributed by atoms with Crippen LogP contribution in [0.4, 0.5) is 0 Å². The molecule has 0 atom stereocenters. The minimum atomic E-state index is -2.16. The fraction of sp³-hybridized carbons (Fsp3) is 0.167. The first-order valence-corrected chi connectivity index (χ1v) is 13.9. The molecule has 0 spiro atoms. The van der Waals surface area contributed by atoms with Crippen molar-refractivity contribution < 1.29 is 9.57 Å². The van der Waals surface area contributed by atoms with Crippen molar-refractivity contribution in [3.8, 4) is 0 Å². The van der Waals surface area contributed by atoms with Crippen LogP contribution in [0.2, 0.25) is 5.02 Å². The molecule has 0 aromatic heterocycles. The van der Waals surface area contributed by atoms with E-state index in [1.807, 2.05) is 38.1 Å². The molecule has 0 unspecified atom stereocenters. The van der Waals surface area contributed by atoms with E-state index >= 15 is 0 Å². The van der Waals surface area contributed by atoms with E-state index in [0.29, 0.717) is 11.2 Å². The standard InChI is InChI=1S/C30H30ClNO2P/c1-30(2,33-3)34-32-29(24-19-21-25(31)22-20-24)23-35(26-13-7-4-8-14-26,27-15-9-5-10-16-27)28-17-11-6-12-18-28/h4-22H,23H2,1-3H3/q+1/b32-29-. The van der Waals surface area contributed by atoms with E-state index in [2.05, 4.69) is 91.0 Å². The summed E-state index contributed by atoms with van der Waals surface area (Å²) >= 11 is 6.23. The van der Waals surface area contributed by atoms with Crippen molar-refractivity contribution in [1.29, 1.82) is 0 Å². The first-order chi connectivity index (χ1) is 16.9. The molecular weight excluding hydrogens is 473 g/mol. The Morgan fingerprint density at radius 3 is 1.54 bits per heavy atom. The van der Waals surface area contributed by atoms with E-state index in [9.17, 15) is 0 Å². The molecule has 0 saturated heterocycles. The summed E-state index contributed by atoms with van der Waals surface area (Å²) in [6.07, 6.45) is 0.673. The molecule has 3 nitrogen and oxygen atoms in total. The van der Waals surface area contributed by atoms with Crippen LogP contribution in [-0.4, -0.2) is 24.8 Å². The minimum absolute atomic E-state index is 0.673. The van der Waals surface area contributed by atoms with E-state index in [1.54, 1.807) is 7.11 Å². The van der Waals surface area contributed by atoms with Crippen molar-refractivity contribution in [2.75, 3.05) is 13.3 Å². The van der Waals surface area contributed by atoms with Crippen LogP contribution in [-0.2, 0) is 9.57 Å². The number of ether oxygens (including phenoxy) is 1. The van der Waals surface area contributed by atoms with E-state index < -0.39 is 13.0 Å². The maximum atomic E-state index is 6.23. The molecule has 4 aromatic rings. The van der Waals surface area contributed by atoms with E-state index in [-0.39, 0.29) is 0 Å². The van der Waals surface area contributed by atoms with Gasteiger partial charge in [-0.15, -0.1) is 0 Å². The van der Waals surface area contributed by atoms with E-state index in [4.69, 9.17) is 26.3 Å². The number of hydrogen-bond donors (Lipinski definition) is 0. The summed E-state index contributed by atoms with van der Waals surface area (Å²) in [4.78, 5) is 5.93. The van der Waals surface area contributed by atoms with E-state index in [1.165, 1.54) is 15.9 Å². The van der Waals surface area contributed by atoms with Crippen LogP contribution in [0.15, 0.2) is 120 Å². The quantitative estimate of drug-likeness (QED) is 0.114. The second-order valence-corrected chi connectivity index (χ2v) is 12.6. The van der Waals surface area contributed by atoms with Crippen molar-refractivity contribution in [2.45, 2.75) is 19.6 Å². The normalized spacial score (nSPS) is 12.4. The minimum Gasteiger partial charge on any atom is -0.361 e. The molecule has 178 valence electrons. The lowest BCUT2D eigenvalue weighted by atomic mass is 10.1. The number of nitrogens with zero attached hydrogens (tertiary/aromatic N) is 1. The van der Waals surface area contributed by atoms with Crippen molar-refractivity contribution in [1.82, 2.24) is 0 Å². The third-order valence-corrected chi connectivity index (χ3v) is 10.6. The molecule has 0 saturated carbocycles. The maximum absolute atomic E-state index is 6.23. The second kappa shape index (κ2) is 11.2. The fourth-order valence-electron chi connectivity index (χ4n) is 4.01. The first kappa shape index (κ1) is 25.1. The molecule has 0 amide bonds. The lowest BCUT2D eigenvalue weighted by molar-refractivity contribution is -0.197. The summed E-state index contributed by atoms with van der Waals surface area (Å²) in [7, 11) is -0.544. The lowest BCUT2D eigenvalue weighted by Gasteiger charge is -2.28. The molecule has 0 aliphatic heterocycles. The monoisotopic (exact) mass is 502 g/mol. The third-order valence-electron chi connectivity index (χ3n) is 6.02. The van der Waals surface area contributed by atoms with Gasteiger partial charge in [-0.25, -0.2) is 0 Å². The highest BCUT2D eigenvalue weighted by molar-refractivity contribution is 7.96. The van der Waals surface area contributed by atoms with Gasteiger partial charge in [0.25, 0.3) is 0 Å². The number of methoxy groups -OCH3 is 1. The summed E-state index contributed by atoms with van der Waals surface area (Å²) in [5, 5.41) is 9.23. The molecule has 4 rings (SSSR count). The second-order valence-electron chi connectivity index (χ2n) is 8.71. The van der Waals surface area contributed by atoms with Crippen molar-refractivity contribution in [2.24, 2.45) is 5.16 Å².